The summed E-state index contributed by atoms with van der Waals surface area (Å²) in [4.78, 5) is 15.1. The molecule has 1 N–H and O–H groups in total. The highest BCUT2D eigenvalue weighted by Crippen LogP contribution is 2.47. The molecule has 1 aliphatic rings. The van der Waals surface area contributed by atoms with Crippen LogP contribution in [0.5, 0.6) is 0 Å². The van der Waals surface area contributed by atoms with Crippen LogP contribution in [0.15, 0.2) is 12.7 Å². The van der Waals surface area contributed by atoms with Gasteiger partial charge in [-0.05, 0) is 30.2 Å². The molecule has 1 unspecified atom stereocenters. The van der Waals surface area contributed by atoms with E-state index in [1.165, 1.54) is 6.33 Å². The Morgan fingerprint density at radius 3 is 2.95 bits per heavy atom. The predicted molar refractivity (Wildman–Crippen MR) is 61.0 cm³/mol. The maximum atomic E-state index is 11.2. The zero-order chi connectivity index (χ0) is 13.5. The van der Waals surface area contributed by atoms with E-state index in [2.05, 4.69) is 25.6 Å². The molecule has 1 aliphatic carbocycles. The van der Waals surface area contributed by atoms with Crippen molar-refractivity contribution >= 4 is 5.97 Å². The lowest BCUT2D eigenvalue weighted by Crippen LogP contribution is -2.25. The molecule has 2 heterocycles. The second kappa shape index (κ2) is 4.11. The average molecular weight is 263 g/mol. The molecule has 0 bridgehead atoms. The summed E-state index contributed by atoms with van der Waals surface area (Å²) in [5.41, 5.74) is -0.702. The molecular weight excluding hydrogens is 250 g/mol. The maximum absolute atomic E-state index is 11.2. The van der Waals surface area contributed by atoms with E-state index in [0.29, 0.717) is 25.2 Å². The highest BCUT2D eigenvalue weighted by Gasteiger charge is 2.51. The molecule has 19 heavy (non-hydrogen) atoms. The third-order valence-corrected chi connectivity index (χ3v) is 3.53. The zero-order valence-electron chi connectivity index (χ0n) is 10.3. The van der Waals surface area contributed by atoms with Gasteiger partial charge < -0.3 is 5.11 Å². The summed E-state index contributed by atoms with van der Waals surface area (Å²) in [6, 6.07) is -0.193. The quantitative estimate of drug-likeness (QED) is 0.790. The van der Waals surface area contributed by atoms with Gasteiger partial charge in [0, 0.05) is 0 Å². The number of hydrogen-bond donors (Lipinski definition) is 1. The maximum Gasteiger partial charge on any atom is 0.311 e. The summed E-state index contributed by atoms with van der Waals surface area (Å²) in [6.45, 7) is 2.18. The summed E-state index contributed by atoms with van der Waals surface area (Å²) < 4.78 is 3.18. The van der Waals surface area contributed by atoms with E-state index in [1.807, 2.05) is 6.92 Å². The Hall–Kier alpha value is -2.32. The lowest BCUT2D eigenvalue weighted by Gasteiger charge is -2.14. The van der Waals surface area contributed by atoms with Crippen LogP contribution in [0.1, 0.15) is 31.6 Å². The van der Waals surface area contributed by atoms with E-state index in [4.69, 9.17) is 0 Å². The third-order valence-electron chi connectivity index (χ3n) is 3.53. The minimum atomic E-state index is -0.789. The molecule has 0 radical (unpaired) electrons. The monoisotopic (exact) mass is 263 g/mol. The fourth-order valence-corrected chi connectivity index (χ4v) is 2.04. The van der Waals surface area contributed by atoms with Crippen LogP contribution >= 0.6 is 0 Å². The molecule has 2 aromatic rings. The number of carboxylic acid groups (broad SMARTS) is 1. The first-order chi connectivity index (χ1) is 9.12. The van der Waals surface area contributed by atoms with E-state index in [1.54, 1.807) is 15.7 Å². The molecule has 9 nitrogen and oxygen atoms in total. The fourth-order valence-electron chi connectivity index (χ4n) is 2.04. The van der Waals surface area contributed by atoms with Crippen LogP contribution in [0, 0.1) is 5.41 Å². The van der Waals surface area contributed by atoms with Gasteiger partial charge in [0.15, 0.2) is 5.82 Å². The Morgan fingerprint density at radius 2 is 2.37 bits per heavy atom. The first kappa shape index (κ1) is 11.8. The standard InChI is InChI=1S/C10H13N7O2/c1-7(17-6-11-5-12-17)8-13-14-15-16(8)4-10(2-3-10)9(18)19/h5-7H,2-4H2,1H3,(H,18,19). The lowest BCUT2D eigenvalue weighted by atomic mass is 10.1. The van der Waals surface area contributed by atoms with Crippen molar-refractivity contribution < 1.29 is 9.90 Å². The smallest absolute Gasteiger partial charge is 0.311 e. The first-order valence-electron chi connectivity index (χ1n) is 5.96. The molecule has 0 saturated heterocycles. The Balaban J connectivity index is 1.85. The first-order valence-corrected chi connectivity index (χ1v) is 5.96. The van der Waals surface area contributed by atoms with Crippen molar-refractivity contribution in [1.29, 1.82) is 0 Å². The normalized spacial score (nSPS) is 18.2. The van der Waals surface area contributed by atoms with Crippen molar-refractivity contribution in [2.75, 3.05) is 0 Å². The van der Waals surface area contributed by atoms with Gasteiger partial charge in [-0.15, -0.1) is 5.10 Å². The minimum absolute atomic E-state index is 0.193. The van der Waals surface area contributed by atoms with Crippen molar-refractivity contribution in [2.45, 2.75) is 32.4 Å². The van der Waals surface area contributed by atoms with Crippen molar-refractivity contribution in [3.63, 3.8) is 0 Å². The van der Waals surface area contributed by atoms with Crippen molar-refractivity contribution in [2.24, 2.45) is 5.41 Å². The number of nitrogens with zero attached hydrogens (tertiary/aromatic N) is 7. The molecule has 2 aromatic heterocycles. The Labute approximate surface area is 108 Å². The Morgan fingerprint density at radius 1 is 1.58 bits per heavy atom. The van der Waals surface area contributed by atoms with Gasteiger partial charge in [-0.2, -0.15) is 5.10 Å². The molecule has 1 saturated carbocycles. The van der Waals surface area contributed by atoms with Crippen LogP contribution in [0.2, 0.25) is 0 Å². The molecule has 3 rings (SSSR count). The van der Waals surface area contributed by atoms with Crippen molar-refractivity contribution in [3.05, 3.63) is 18.5 Å². The fraction of sp³-hybridized carbons (Fsp3) is 0.600. The van der Waals surface area contributed by atoms with Crippen LogP contribution in [0.25, 0.3) is 0 Å². The number of hydrogen-bond acceptors (Lipinski definition) is 6. The van der Waals surface area contributed by atoms with Gasteiger partial charge in [0.05, 0.1) is 12.0 Å². The molecule has 0 spiro atoms. The molecular formula is C10H13N7O2. The number of tetrazole rings is 1. The largest absolute Gasteiger partial charge is 0.481 e. The highest BCUT2D eigenvalue weighted by atomic mass is 16.4. The highest BCUT2D eigenvalue weighted by molar-refractivity contribution is 5.77. The average Bonchev–Trinajstić information content (AvgIpc) is 2.82. The van der Waals surface area contributed by atoms with Crippen LogP contribution in [-0.4, -0.2) is 46.0 Å². The van der Waals surface area contributed by atoms with E-state index >= 15 is 0 Å². The van der Waals surface area contributed by atoms with E-state index < -0.39 is 11.4 Å². The van der Waals surface area contributed by atoms with Gasteiger partial charge in [-0.3, -0.25) is 4.79 Å². The van der Waals surface area contributed by atoms with Gasteiger partial charge in [0.25, 0.3) is 0 Å². The predicted octanol–water partition coefficient (Wildman–Crippen LogP) is -0.261. The van der Waals surface area contributed by atoms with E-state index in [-0.39, 0.29) is 6.04 Å². The second-order valence-electron chi connectivity index (χ2n) is 4.83. The molecule has 100 valence electrons. The van der Waals surface area contributed by atoms with Crippen LogP contribution < -0.4 is 0 Å². The van der Waals surface area contributed by atoms with Gasteiger partial charge in [0.2, 0.25) is 0 Å². The van der Waals surface area contributed by atoms with Crippen LogP contribution in [0.4, 0.5) is 0 Å². The SMILES string of the molecule is CC(c1nnnn1CC1(C(=O)O)CC1)n1cncn1. The van der Waals surface area contributed by atoms with Crippen molar-refractivity contribution in [3.8, 4) is 0 Å². The summed E-state index contributed by atoms with van der Waals surface area (Å²) in [7, 11) is 0. The van der Waals surface area contributed by atoms with Gasteiger partial charge in [-0.1, -0.05) is 0 Å². The van der Waals surface area contributed by atoms with Gasteiger partial charge in [0.1, 0.15) is 18.7 Å². The van der Waals surface area contributed by atoms with Crippen molar-refractivity contribution in [1.82, 2.24) is 35.0 Å². The molecule has 1 atom stereocenters. The third kappa shape index (κ3) is 1.96. The number of aromatic nitrogens is 7. The molecule has 0 amide bonds. The summed E-state index contributed by atoms with van der Waals surface area (Å²) in [5, 5.41) is 24.7. The summed E-state index contributed by atoms with van der Waals surface area (Å²) >= 11 is 0. The Bertz CT molecular complexity index is 587. The Kier molecular flexibility index (Phi) is 2.54. The van der Waals surface area contributed by atoms with E-state index in [9.17, 15) is 9.90 Å². The van der Waals surface area contributed by atoms with E-state index in [0.717, 1.165) is 0 Å². The second-order valence-corrected chi connectivity index (χ2v) is 4.83. The van der Waals surface area contributed by atoms with Gasteiger partial charge >= 0.3 is 5.97 Å². The van der Waals surface area contributed by atoms with Crippen LogP contribution in [0.3, 0.4) is 0 Å². The molecule has 1 fully saturated rings. The lowest BCUT2D eigenvalue weighted by molar-refractivity contribution is -0.144. The minimum Gasteiger partial charge on any atom is -0.481 e. The molecule has 0 aromatic carbocycles. The summed E-state index contributed by atoms with van der Waals surface area (Å²) in [5.74, 6) is -0.208. The van der Waals surface area contributed by atoms with Gasteiger partial charge in [-0.25, -0.2) is 14.3 Å². The zero-order valence-corrected chi connectivity index (χ0v) is 10.3. The number of carboxylic acids is 1. The molecule has 9 heteroatoms. The topological polar surface area (TPSA) is 112 Å². The van der Waals surface area contributed by atoms with Crippen LogP contribution in [-0.2, 0) is 11.3 Å². The summed E-state index contributed by atoms with van der Waals surface area (Å²) in [6.07, 6.45) is 4.34. The molecule has 0 aliphatic heterocycles. The number of rotatable bonds is 5. The number of aliphatic carboxylic acids is 1. The number of carbonyl (C=O) groups is 1.